The third-order valence-corrected chi connectivity index (χ3v) is 1.99. The van der Waals surface area contributed by atoms with E-state index >= 15 is 0 Å². The molecule has 0 spiro atoms. The molecule has 15 heavy (non-hydrogen) atoms. The highest BCUT2D eigenvalue weighted by atomic mass is 19.3. The number of benzene rings is 1. The summed E-state index contributed by atoms with van der Waals surface area (Å²) in [4.78, 5) is 10.9. The van der Waals surface area contributed by atoms with Crippen LogP contribution in [0.25, 0.3) is 0 Å². The molecule has 0 aliphatic heterocycles. The van der Waals surface area contributed by atoms with Gasteiger partial charge in [0.25, 0.3) is 0 Å². The molecule has 0 aliphatic rings. The first-order chi connectivity index (χ1) is 7.09. The number of hydrogen-bond donors (Lipinski definition) is 1. The molecule has 0 fully saturated rings. The zero-order valence-corrected chi connectivity index (χ0v) is 8.41. The van der Waals surface area contributed by atoms with Crippen LogP contribution in [0.5, 0.6) is 0 Å². The first-order valence-corrected chi connectivity index (χ1v) is 4.70. The number of nitrogens with one attached hydrogen (secondary N) is 1. The number of amides is 1. The van der Waals surface area contributed by atoms with Gasteiger partial charge in [-0.2, -0.15) is 0 Å². The monoisotopic (exact) mass is 213 g/mol. The molecule has 4 heteroatoms. The Morgan fingerprint density at radius 2 is 1.93 bits per heavy atom. The standard InChI is InChI=1S/C11H13F2NO/c1-8(15)14-10(7-11(12)13)9-5-3-2-4-6-9/h2-6,10-11H,7H2,1H3,(H,14,15). The molecule has 0 bridgehead atoms. The lowest BCUT2D eigenvalue weighted by Gasteiger charge is -2.17. The normalized spacial score (nSPS) is 12.5. The first-order valence-electron chi connectivity index (χ1n) is 4.70. The molecule has 2 nitrogen and oxygen atoms in total. The van der Waals surface area contributed by atoms with Gasteiger partial charge in [0.15, 0.2) is 0 Å². The molecule has 1 aromatic rings. The minimum atomic E-state index is -2.43. The Morgan fingerprint density at radius 3 is 2.40 bits per heavy atom. The summed E-state index contributed by atoms with van der Waals surface area (Å²) in [6.07, 6.45) is -2.79. The minimum Gasteiger partial charge on any atom is -0.349 e. The number of carbonyl (C=O) groups is 1. The molecule has 1 atom stereocenters. The van der Waals surface area contributed by atoms with Crippen molar-refractivity contribution >= 4 is 5.91 Å². The van der Waals surface area contributed by atoms with Gasteiger partial charge in [0.1, 0.15) is 0 Å². The molecule has 1 rings (SSSR count). The van der Waals surface area contributed by atoms with Gasteiger partial charge in [0.05, 0.1) is 6.04 Å². The first kappa shape index (κ1) is 11.6. The van der Waals surface area contributed by atoms with Crippen LogP contribution >= 0.6 is 0 Å². The molecule has 0 heterocycles. The maximum atomic E-state index is 12.3. The fourth-order valence-corrected chi connectivity index (χ4v) is 1.39. The fraction of sp³-hybridized carbons (Fsp3) is 0.364. The van der Waals surface area contributed by atoms with Crippen molar-refractivity contribution in [3.05, 3.63) is 35.9 Å². The molecule has 0 saturated carbocycles. The second-order valence-electron chi connectivity index (χ2n) is 3.29. The van der Waals surface area contributed by atoms with E-state index in [0.717, 1.165) is 0 Å². The van der Waals surface area contributed by atoms with Crippen molar-refractivity contribution < 1.29 is 13.6 Å². The quantitative estimate of drug-likeness (QED) is 0.818. The molecular formula is C11H13F2NO. The third kappa shape index (κ3) is 4.06. The number of alkyl halides is 2. The molecule has 0 aromatic heterocycles. The zero-order valence-electron chi connectivity index (χ0n) is 8.41. The van der Waals surface area contributed by atoms with E-state index in [-0.39, 0.29) is 12.3 Å². The summed E-state index contributed by atoms with van der Waals surface area (Å²) >= 11 is 0. The molecule has 0 aliphatic carbocycles. The molecule has 1 unspecified atom stereocenters. The highest BCUT2D eigenvalue weighted by Gasteiger charge is 2.17. The molecule has 0 saturated heterocycles. The van der Waals surface area contributed by atoms with Crippen molar-refractivity contribution in [3.8, 4) is 0 Å². The van der Waals surface area contributed by atoms with Crippen LogP contribution in [0.3, 0.4) is 0 Å². The highest BCUT2D eigenvalue weighted by molar-refractivity contribution is 5.73. The van der Waals surface area contributed by atoms with E-state index < -0.39 is 12.5 Å². The summed E-state index contributed by atoms with van der Waals surface area (Å²) in [5, 5.41) is 2.51. The molecule has 1 amide bonds. The maximum absolute atomic E-state index is 12.3. The smallest absolute Gasteiger partial charge is 0.240 e. The number of halogens is 2. The average molecular weight is 213 g/mol. The van der Waals surface area contributed by atoms with Gasteiger partial charge in [-0.15, -0.1) is 0 Å². The number of rotatable bonds is 4. The summed E-state index contributed by atoms with van der Waals surface area (Å²) in [6, 6.07) is 8.16. The van der Waals surface area contributed by atoms with Crippen LogP contribution < -0.4 is 5.32 Å². The topological polar surface area (TPSA) is 29.1 Å². The Kier molecular flexibility index (Phi) is 4.21. The van der Waals surface area contributed by atoms with Gasteiger partial charge < -0.3 is 5.32 Å². The van der Waals surface area contributed by atoms with E-state index in [2.05, 4.69) is 5.32 Å². The lowest BCUT2D eigenvalue weighted by atomic mass is 10.0. The van der Waals surface area contributed by atoms with Gasteiger partial charge in [-0.05, 0) is 5.56 Å². The van der Waals surface area contributed by atoms with Crippen molar-refractivity contribution in [2.24, 2.45) is 0 Å². The molecule has 0 radical (unpaired) electrons. The van der Waals surface area contributed by atoms with Gasteiger partial charge in [-0.3, -0.25) is 4.79 Å². The second kappa shape index (κ2) is 5.44. The summed E-state index contributed by atoms with van der Waals surface area (Å²) < 4.78 is 24.5. The van der Waals surface area contributed by atoms with E-state index in [1.807, 2.05) is 0 Å². The van der Waals surface area contributed by atoms with Crippen LogP contribution in [0.15, 0.2) is 30.3 Å². The van der Waals surface area contributed by atoms with Crippen molar-refractivity contribution in [2.75, 3.05) is 0 Å². The Balaban J connectivity index is 2.76. The lowest BCUT2D eigenvalue weighted by molar-refractivity contribution is -0.119. The van der Waals surface area contributed by atoms with Gasteiger partial charge >= 0.3 is 0 Å². The van der Waals surface area contributed by atoms with Crippen LogP contribution in [-0.2, 0) is 4.79 Å². The van der Waals surface area contributed by atoms with E-state index in [0.29, 0.717) is 5.56 Å². The maximum Gasteiger partial charge on any atom is 0.240 e. The lowest BCUT2D eigenvalue weighted by Crippen LogP contribution is -2.27. The summed E-state index contributed by atoms with van der Waals surface area (Å²) in [6.45, 7) is 1.32. The van der Waals surface area contributed by atoms with E-state index in [1.165, 1.54) is 6.92 Å². The van der Waals surface area contributed by atoms with E-state index in [9.17, 15) is 13.6 Å². The molecular weight excluding hydrogens is 200 g/mol. The Morgan fingerprint density at radius 1 is 1.33 bits per heavy atom. The van der Waals surface area contributed by atoms with Gasteiger partial charge in [-0.25, -0.2) is 8.78 Å². The Hall–Kier alpha value is -1.45. The second-order valence-corrected chi connectivity index (χ2v) is 3.29. The van der Waals surface area contributed by atoms with E-state index in [1.54, 1.807) is 30.3 Å². The summed E-state index contributed by atoms with van der Waals surface area (Å²) in [5.41, 5.74) is 0.702. The number of carbonyl (C=O) groups excluding carboxylic acids is 1. The molecule has 1 aromatic carbocycles. The van der Waals surface area contributed by atoms with Crippen LogP contribution in [0.4, 0.5) is 8.78 Å². The zero-order chi connectivity index (χ0) is 11.3. The van der Waals surface area contributed by atoms with Gasteiger partial charge in [0, 0.05) is 13.3 Å². The molecule has 82 valence electrons. The van der Waals surface area contributed by atoms with Gasteiger partial charge in [-0.1, -0.05) is 30.3 Å². The van der Waals surface area contributed by atoms with Crippen molar-refractivity contribution in [1.82, 2.24) is 5.32 Å². The van der Waals surface area contributed by atoms with Crippen LogP contribution in [0, 0.1) is 0 Å². The molecule has 1 N–H and O–H groups in total. The van der Waals surface area contributed by atoms with Crippen molar-refractivity contribution in [1.29, 1.82) is 0 Å². The summed E-state index contributed by atoms with van der Waals surface area (Å²) in [5.74, 6) is -0.301. The Labute approximate surface area is 87.3 Å². The van der Waals surface area contributed by atoms with Crippen LogP contribution in [0.2, 0.25) is 0 Å². The summed E-state index contributed by atoms with van der Waals surface area (Å²) in [7, 11) is 0. The SMILES string of the molecule is CC(=O)NC(CC(F)F)c1ccccc1. The average Bonchev–Trinajstić information content (AvgIpc) is 2.17. The van der Waals surface area contributed by atoms with Gasteiger partial charge in [0.2, 0.25) is 12.3 Å². The third-order valence-electron chi connectivity index (χ3n) is 1.99. The largest absolute Gasteiger partial charge is 0.349 e. The van der Waals surface area contributed by atoms with Crippen LogP contribution in [0.1, 0.15) is 24.9 Å². The number of hydrogen-bond acceptors (Lipinski definition) is 1. The highest BCUT2D eigenvalue weighted by Crippen LogP contribution is 2.20. The Bertz CT molecular complexity index is 314. The van der Waals surface area contributed by atoms with Crippen LogP contribution in [-0.4, -0.2) is 12.3 Å². The van der Waals surface area contributed by atoms with Crippen molar-refractivity contribution in [2.45, 2.75) is 25.8 Å². The fourth-order valence-electron chi connectivity index (χ4n) is 1.39. The predicted molar refractivity (Wildman–Crippen MR) is 53.6 cm³/mol. The minimum absolute atomic E-state index is 0.301. The van der Waals surface area contributed by atoms with Crippen molar-refractivity contribution in [3.63, 3.8) is 0 Å². The van der Waals surface area contributed by atoms with E-state index in [4.69, 9.17) is 0 Å². The predicted octanol–water partition coefficient (Wildman–Crippen LogP) is 2.52.